The van der Waals surface area contributed by atoms with Crippen LogP contribution in [0.1, 0.15) is 0 Å². The average Bonchev–Trinajstić information content (AvgIpc) is 2.08. The second-order valence-electron chi connectivity index (χ2n) is 2.60. The fraction of sp³-hybridized carbons (Fsp3) is 1.00. The Morgan fingerprint density at radius 3 is 2.08 bits per heavy atom. The summed E-state index contributed by atoms with van der Waals surface area (Å²) < 4.78 is 9.19. The summed E-state index contributed by atoms with van der Waals surface area (Å²) in [5, 5.41) is 36.2. The minimum Gasteiger partial charge on any atom is -0.387 e. The van der Waals surface area contributed by atoms with Gasteiger partial charge < -0.3 is 29.9 Å². The van der Waals surface area contributed by atoms with Gasteiger partial charge in [-0.1, -0.05) is 0 Å². The number of rotatable bonds is 1. The van der Waals surface area contributed by atoms with Crippen LogP contribution >= 0.6 is 0 Å². The predicted molar refractivity (Wildman–Crippen MR) is 35.9 cm³/mol. The molecule has 0 amide bonds. The molecule has 0 saturated carbocycles. The summed E-state index contributed by atoms with van der Waals surface area (Å²) in [4.78, 5) is 0. The van der Waals surface area contributed by atoms with Gasteiger partial charge in [0.05, 0.1) is 0 Å². The molecule has 5 atom stereocenters. The summed E-state index contributed by atoms with van der Waals surface area (Å²) in [6.45, 7) is 0. The molecule has 0 radical (unpaired) electrons. The van der Waals surface area contributed by atoms with Crippen LogP contribution in [0.3, 0.4) is 0 Å². The molecule has 1 aliphatic heterocycles. The topological polar surface area (TPSA) is 99.4 Å². The molecule has 0 bridgehead atoms. The van der Waals surface area contributed by atoms with Gasteiger partial charge >= 0.3 is 0 Å². The lowest BCUT2D eigenvalue weighted by atomic mass is 10.0. The minimum absolute atomic E-state index is 1.11. The molecule has 0 spiro atoms. The molecule has 1 fully saturated rings. The highest BCUT2D eigenvalue weighted by Gasteiger charge is 2.43. The molecule has 4 N–H and O–H groups in total. The number of ether oxygens (including phenoxy) is 2. The van der Waals surface area contributed by atoms with E-state index in [1.165, 1.54) is 7.11 Å². The average molecular weight is 180 g/mol. The summed E-state index contributed by atoms with van der Waals surface area (Å²) in [6.07, 6.45) is -6.97. The Hall–Kier alpha value is -0.240. The van der Waals surface area contributed by atoms with Crippen molar-refractivity contribution in [2.45, 2.75) is 30.9 Å². The van der Waals surface area contributed by atoms with Crippen LogP contribution in [-0.2, 0) is 9.47 Å². The highest BCUT2D eigenvalue weighted by molar-refractivity contribution is 4.84. The maximum atomic E-state index is 9.15. The van der Waals surface area contributed by atoms with Crippen molar-refractivity contribution in [3.05, 3.63) is 0 Å². The molecule has 72 valence electrons. The van der Waals surface area contributed by atoms with Crippen molar-refractivity contribution < 1.29 is 29.9 Å². The Balaban J connectivity index is 2.63. The smallest absolute Gasteiger partial charge is 0.188 e. The molecule has 1 heterocycles. The van der Waals surface area contributed by atoms with Gasteiger partial charge in [0.1, 0.15) is 18.3 Å². The third-order valence-electron chi connectivity index (χ3n) is 1.78. The van der Waals surface area contributed by atoms with Crippen LogP contribution in [0.2, 0.25) is 0 Å². The normalized spacial score (nSPS) is 49.2. The second kappa shape index (κ2) is 3.65. The largest absolute Gasteiger partial charge is 0.387 e. The minimum atomic E-state index is -1.53. The Bertz CT molecular complexity index is 146. The third kappa shape index (κ3) is 1.58. The van der Waals surface area contributed by atoms with Crippen LogP contribution in [0.5, 0.6) is 0 Å². The lowest BCUT2D eigenvalue weighted by molar-refractivity contribution is -0.334. The molecule has 1 saturated heterocycles. The first-order chi connectivity index (χ1) is 5.57. The molecule has 12 heavy (non-hydrogen) atoms. The first-order valence-corrected chi connectivity index (χ1v) is 3.48. The van der Waals surface area contributed by atoms with Gasteiger partial charge in [0, 0.05) is 7.11 Å². The predicted octanol–water partition coefficient (Wildman–Crippen LogP) is -2.61. The van der Waals surface area contributed by atoms with Gasteiger partial charge in [-0.15, -0.1) is 0 Å². The van der Waals surface area contributed by atoms with Crippen molar-refractivity contribution in [1.82, 2.24) is 0 Å². The Morgan fingerprint density at radius 2 is 1.58 bits per heavy atom. The standard InChI is InChI=1S/C6H12O6/c1-11-6-4(9)2(7)3(8)5(10)12-6/h2-10H,1H3/t2-,3-,4+,5-,6?/m0/s1. The van der Waals surface area contributed by atoms with E-state index in [0.717, 1.165) is 0 Å². The summed E-state index contributed by atoms with van der Waals surface area (Å²) in [5.74, 6) is 0. The molecule has 1 unspecified atom stereocenters. The Labute approximate surface area is 69.0 Å². The van der Waals surface area contributed by atoms with Crippen LogP contribution < -0.4 is 0 Å². The van der Waals surface area contributed by atoms with E-state index in [4.69, 9.17) is 20.4 Å². The molecule has 6 heteroatoms. The van der Waals surface area contributed by atoms with Crippen molar-refractivity contribution in [3.63, 3.8) is 0 Å². The van der Waals surface area contributed by atoms with E-state index in [-0.39, 0.29) is 0 Å². The van der Waals surface area contributed by atoms with Crippen molar-refractivity contribution in [3.8, 4) is 0 Å². The molecule has 0 aliphatic carbocycles. The maximum Gasteiger partial charge on any atom is 0.188 e. The van der Waals surface area contributed by atoms with Gasteiger partial charge in [0.15, 0.2) is 12.6 Å². The van der Waals surface area contributed by atoms with Crippen LogP contribution in [0, 0.1) is 0 Å². The lowest BCUT2D eigenvalue weighted by Gasteiger charge is -2.37. The lowest BCUT2D eigenvalue weighted by Crippen LogP contribution is -2.57. The quantitative estimate of drug-likeness (QED) is 0.353. The van der Waals surface area contributed by atoms with Crippen molar-refractivity contribution in [2.75, 3.05) is 7.11 Å². The maximum absolute atomic E-state index is 9.15. The zero-order valence-corrected chi connectivity index (χ0v) is 6.49. The molecule has 1 aliphatic rings. The Kier molecular flexibility index (Phi) is 2.99. The first kappa shape index (κ1) is 9.85. The molecular weight excluding hydrogens is 168 g/mol. The summed E-state index contributed by atoms with van der Waals surface area (Å²) in [7, 11) is 1.25. The summed E-state index contributed by atoms with van der Waals surface area (Å²) in [5.41, 5.74) is 0. The van der Waals surface area contributed by atoms with Crippen LogP contribution in [0.4, 0.5) is 0 Å². The summed E-state index contributed by atoms with van der Waals surface area (Å²) >= 11 is 0. The molecule has 6 nitrogen and oxygen atoms in total. The number of hydrogen-bond acceptors (Lipinski definition) is 6. The number of hydrogen-bond donors (Lipinski definition) is 4. The van der Waals surface area contributed by atoms with E-state index in [1.807, 2.05) is 0 Å². The molecule has 0 aromatic rings. The third-order valence-corrected chi connectivity index (χ3v) is 1.78. The van der Waals surface area contributed by atoms with E-state index in [9.17, 15) is 0 Å². The SMILES string of the molecule is COC1O[C@H](O)[C@@H](O)[C@H](O)[C@H]1O. The zero-order valence-electron chi connectivity index (χ0n) is 6.49. The molecular formula is C6H12O6. The second-order valence-corrected chi connectivity index (χ2v) is 2.60. The molecule has 0 aromatic heterocycles. The van der Waals surface area contributed by atoms with Crippen molar-refractivity contribution in [2.24, 2.45) is 0 Å². The van der Waals surface area contributed by atoms with Gasteiger partial charge in [-0.05, 0) is 0 Å². The molecule has 0 aromatic carbocycles. The number of aliphatic hydroxyl groups is 4. The number of methoxy groups -OCH3 is 1. The van der Waals surface area contributed by atoms with E-state index in [2.05, 4.69) is 9.47 Å². The van der Waals surface area contributed by atoms with E-state index in [0.29, 0.717) is 0 Å². The van der Waals surface area contributed by atoms with Gasteiger partial charge in [0.2, 0.25) is 0 Å². The van der Waals surface area contributed by atoms with Crippen LogP contribution in [0.15, 0.2) is 0 Å². The Morgan fingerprint density at radius 1 is 1.00 bits per heavy atom. The molecule has 1 rings (SSSR count). The fourth-order valence-electron chi connectivity index (χ4n) is 1.03. The first-order valence-electron chi connectivity index (χ1n) is 3.48. The van der Waals surface area contributed by atoms with Crippen molar-refractivity contribution >= 4 is 0 Å². The van der Waals surface area contributed by atoms with Crippen LogP contribution in [0.25, 0.3) is 0 Å². The van der Waals surface area contributed by atoms with Gasteiger partial charge in [-0.25, -0.2) is 0 Å². The van der Waals surface area contributed by atoms with E-state index in [1.54, 1.807) is 0 Å². The van der Waals surface area contributed by atoms with Gasteiger partial charge in [-0.2, -0.15) is 0 Å². The number of aliphatic hydroxyl groups excluding tert-OH is 4. The van der Waals surface area contributed by atoms with Crippen LogP contribution in [-0.4, -0.2) is 58.4 Å². The van der Waals surface area contributed by atoms with E-state index >= 15 is 0 Å². The summed E-state index contributed by atoms with van der Waals surface area (Å²) in [6, 6.07) is 0. The zero-order chi connectivity index (χ0) is 9.30. The van der Waals surface area contributed by atoms with E-state index < -0.39 is 30.9 Å². The fourth-order valence-corrected chi connectivity index (χ4v) is 1.03. The van der Waals surface area contributed by atoms with Gasteiger partial charge in [0.25, 0.3) is 0 Å². The monoisotopic (exact) mass is 180 g/mol. The van der Waals surface area contributed by atoms with Crippen molar-refractivity contribution in [1.29, 1.82) is 0 Å². The van der Waals surface area contributed by atoms with Gasteiger partial charge in [-0.3, -0.25) is 0 Å². The highest BCUT2D eigenvalue weighted by atomic mass is 16.7. The highest BCUT2D eigenvalue weighted by Crippen LogP contribution is 2.19.